The third-order valence-corrected chi connectivity index (χ3v) is 7.07. The van der Waals surface area contributed by atoms with E-state index in [4.69, 9.17) is 10.5 Å². The summed E-state index contributed by atoms with van der Waals surface area (Å²) in [6.07, 6.45) is 3.08. The Kier molecular flexibility index (Phi) is 7.60. The molecule has 0 unspecified atom stereocenters. The molecule has 1 fully saturated rings. The lowest BCUT2D eigenvalue weighted by atomic mass is 9.97. The average Bonchev–Trinajstić information content (AvgIpc) is 2.80. The Morgan fingerprint density at radius 3 is 2.29 bits per heavy atom. The van der Waals surface area contributed by atoms with Crippen molar-refractivity contribution in [3.05, 3.63) is 58.1 Å². The molecule has 2 aromatic carbocycles. The van der Waals surface area contributed by atoms with Crippen LogP contribution in [0.4, 0.5) is 5.69 Å². The second-order valence-electron chi connectivity index (χ2n) is 8.84. The lowest BCUT2D eigenvalue weighted by Gasteiger charge is -2.36. The predicted molar refractivity (Wildman–Crippen MR) is 128 cm³/mol. The van der Waals surface area contributed by atoms with Crippen LogP contribution in [0.25, 0.3) is 0 Å². The largest absolute Gasteiger partial charge is 0.481 e. The van der Waals surface area contributed by atoms with Crippen molar-refractivity contribution in [1.82, 2.24) is 9.80 Å². The molecule has 168 valence electrons. The molecule has 1 amide bonds. The van der Waals surface area contributed by atoms with Gasteiger partial charge in [-0.15, -0.1) is 0 Å². The topological polar surface area (TPSA) is 58.8 Å². The molecule has 31 heavy (non-hydrogen) atoms. The van der Waals surface area contributed by atoms with Crippen molar-refractivity contribution in [3.8, 4) is 5.75 Å². The molecule has 0 radical (unpaired) electrons. The zero-order valence-electron chi connectivity index (χ0n) is 19.7. The van der Waals surface area contributed by atoms with Gasteiger partial charge in [-0.1, -0.05) is 30.3 Å². The van der Waals surface area contributed by atoms with E-state index in [1.54, 1.807) is 0 Å². The normalized spacial score (nSPS) is 15.1. The Labute approximate surface area is 187 Å². The molecular weight excluding hydrogens is 386 g/mol. The maximum atomic E-state index is 12.8. The summed E-state index contributed by atoms with van der Waals surface area (Å²) in [6, 6.07) is 10.9. The number of likely N-dealkylation sites (N-methyl/N-ethyl adjacent to an activating group) is 1. The first-order valence-corrected chi connectivity index (χ1v) is 11.3. The standard InChI is InChI=1S/C26H37N3O2/c1-18-19(2)21(4)26(25(27)20(18)3)31-17-24(30)28(5)23-12-15-29(16-13-23)14-11-22-9-7-6-8-10-22/h6-10,23H,11-17,27H2,1-5H3. The van der Waals surface area contributed by atoms with Gasteiger partial charge in [-0.2, -0.15) is 0 Å². The summed E-state index contributed by atoms with van der Waals surface area (Å²) in [6.45, 7) is 11.3. The number of nitrogen functional groups attached to an aromatic ring is 1. The van der Waals surface area contributed by atoms with Crippen molar-refractivity contribution in [2.45, 2.75) is 53.0 Å². The zero-order valence-corrected chi connectivity index (χ0v) is 19.7. The number of amides is 1. The van der Waals surface area contributed by atoms with Gasteiger partial charge in [0.25, 0.3) is 5.91 Å². The van der Waals surface area contributed by atoms with Crippen LogP contribution in [-0.4, -0.2) is 55.0 Å². The fraction of sp³-hybridized carbons (Fsp3) is 0.500. The quantitative estimate of drug-likeness (QED) is 0.683. The number of anilines is 1. The molecule has 1 aliphatic heterocycles. The van der Waals surface area contributed by atoms with Crippen LogP contribution in [0, 0.1) is 27.7 Å². The van der Waals surface area contributed by atoms with Crippen LogP contribution in [0.3, 0.4) is 0 Å². The van der Waals surface area contributed by atoms with Crippen LogP contribution in [0.15, 0.2) is 30.3 Å². The number of carbonyl (C=O) groups excluding carboxylic acids is 1. The number of hydrogen-bond donors (Lipinski definition) is 1. The Hall–Kier alpha value is -2.53. The van der Waals surface area contributed by atoms with Crippen LogP contribution in [-0.2, 0) is 11.2 Å². The van der Waals surface area contributed by atoms with Crippen LogP contribution in [0.1, 0.15) is 40.7 Å². The van der Waals surface area contributed by atoms with Crippen molar-refractivity contribution in [1.29, 1.82) is 0 Å². The molecular formula is C26H37N3O2. The van der Waals surface area contributed by atoms with Gasteiger partial charge < -0.3 is 20.3 Å². The summed E-state index contributed by atoms with van der Waals surface area (Å²) >= 11 is 0. The SMILES string of the molecule is Cc1c(C)c(C)c(OCC(=O)N(C)C2CCN(CCc3ccccc3)CC2)c(N)c1C. The number of carbonyl (C=O) groups is 1. The molecule has 2 aromatic rings. The van der Waals surface area contributed by atoms with Gasteiger partial charge in [-0.05, 0) is 74.8 Å². The number of nitrogens with zero attached hydrogens (tertiary/aromatic N) is 2. The van der Waals surface area contributed by atoms with Crippen molar-refractivity contribution in [3.63, 3.8) is 0 Å². The van der Waals surface area contributed by atoms with E-state index in [0.29, 0.717) is 11.4 Å². The molecule has 0 aliphatic carbocycles. The van der Waals surface area contributed by atoms with E-state index in [-0.39, 0.29) is 18.6 Å². The molecule has 5 heteroatoms. The van der Waals surface area contributed by atoms with E-state index < -0.39 is 0 Å². The van der Waals surface area contributed by atoms with E-state index in [0.717, 1.165) is 50.0 Å². The van der Waals surface area contributed by atoms with Crippen LogP contribution in [0.2, 0.25) is 0 Å². The molecule has 0 saturated carbocycles. The van der Waals surface area contributed by atoms with Crippen molar-refractivity contribution in [2.75, 3.05) is 39.0 Å². The summed E-state index contributed by atoms with van der Waals surface area (Å²) in [5.74, 6) is 0.662. The smallest absolute Gasteiger partial charge is 0.260 e. The van der Waals surface area contributed by atoms with Gasteiger partial charge in [-0.3, -0.25) is 4.79 Å². The van der Waals surface area contributed by atoms with Crippen LogP contribution >= 0.6 is 0 Å². The average molecular weight is 424 g/mol. The monoisotopic (exact) mass is 423 g/mol. The fourth-order valence-electron chi connectivity index (χ4n) is 4.39. The maximum Gasteiger partial charge on any atom is 0.260 e. The molecule has 0 spiro atoms. The Morgan fingerprint density at radius 1 is 1.03 bits per heavy atom. The molecule has 5 nitrogen and oxygen atoms in total. The highest BCUT2D eigenvalue weighted by Crippen LogP contribution is 2.35. The number of nitrogens with two attached hydrogens (primary N) is 1. The highest BCUT2D eigenvalue weighted by molar-refractivity contribution is 5.78. The zero-order chi connectivity index (χ0) is 22.5. The van der Waals surface area contributed by atoms with E-state index in [1.165, 1.54) is 16.7 Å². The fourth-order valence-corrected chi connectivity index (χ4v) is 4.39. The van der Waals surface area contributed by atoms with Gasteiger partial charge in [0.15, 0.2) is 6.61 Å². The van der Waals surface area contributed by atoms with E-state index in [2.05, 4.69) is 49.1 Å². The molecule has 0 bridgehead atoms. The van der Waals surface area contributed by atoms with Gasteiger partial charge in [0, 0.05) is 32.7 Å². The Morgan fingerprint density at radius 2 is 1.65 bits per heavy atom. The lowest BCUT2D eigenvalue weighted by molar-refractivity contribution is -0.135. The first kappa shape index (κ1) is 23.1. The van der Waals surface area contributed by atoms with E-state index in [9.17, 15) is 4.79 Å². The van der Waals surface area contributed by atoms with Crippen molar-refractivity contribution >= 4 is 11.6 Å². The van der Waals surface area contributed by atoms with E-state index >= 15 is 0 Å². The van der Waals surface area contributed by atoms with Crippen molar-refractivity contribution in [2.24, 2.45) is 0 Å². The highest BCUT2D eigenvalue weighted by atomic mass is 16.5. The Bertz CT molecular complexity index is 874. The summed E-state index contributed by atoms with van der Waals surface area (Å²) in [5.41, 5.74) is 12.7. The lowest BCUT2D eigenvalue weighted by Crippen LogP contribution is -2.47. The van der Waals surface area contributed by atoms with Gasteiger partial charge in [0.1, 0.15) is 5.75 Å². The molecule has 2 N–H and O–H groups in total. The summed E-state index contributed by atoms with van der Waals surface area (Å²) in [4.78, 5) is 17.2. The molecule has 1 heterocycles. The van der Waals surface area contributed by atoms with Crippen LogP contribution < -0.4 is 10.5 Å². The van der Waals surface area contributed by atoms with Gasteiger partial charge in [-0.25, -0.2) is 0 Å². The Balaban J connectivity index is 1.49. The maximum absolute atomic E-state index is 12.8. The second kappa shape index (κ2) is 10.2. The molecule has 3 rings (SSSR count). The third kappa shape index (κ3) is 5.40. The number of benzene rings is 2. The number of piperidine rings is 1. The molecule has 1 aliphatic rings. The number of ether oxygens (including phenoxy) is 1. The summed E-state index contributed by atoms with van der Waals surface area (Å²) in [7, 11) is 1.90. The molecule has 0 aromatic heterocycles. The third-order valence-electron chi connectivity index (χ3n) is 7.07. The van der Waals surface area contributed by atoms with Gasteiger partial charge >= 0.3 is 0 Å². The molecule has 0 atom stereocenters. The first-order valence-electron chi connectivity index (χ1n) is 11.3. The number of rotatable bonds is 7. The predicted octanol–water partition coefficient (Wildman–Crippen LogP) is 4.05. The van der Waals surface area contributed by atoms with E-state index in [1.807, 2.05) is 25.8 Å². The van der Waals surface area contributed by atoms with Crippen LogP contribution in [0.5, 0.6) is 5.75 Å². The number of likely N-dealkylation sites (tertiary alicyclic amines) is 1. The minimum atomic E-state index is 0.0115. The highest BCUT2D eigenvalue weighted by Gasteiger charge is 2.26. The first-order chi connectivity index (χ1) is 14.8. The minimum Gasteiger partial charge on any atom is -0.481 e. The summed E-state index contributed by atoms with van der Waals surface area (Å²) < 4.78 is 5.94. The van der Waals surface area contributed by atoms with Crippen molar-refractivity contribution < 1.29 is 9.53 Å². The van der Waals surface area contributed by atoms with Gasteiger partial charge in [0.2, 0.25) is 0 Å². The second-order valence-corrected chi connectivity index (χ2v) is 8.84. The molecule has 1 saturated heterocycles. The summed E-state index contributed by atoms with van der Waals surface area (Å²) in [5, 5.41) is 0. The minimum absolute atomic E-state index is 0.0115. The number of hydrogen-bond acceptors (Lipinski definition) is 4. The van der Waals surface area contributed by atoms with Gasteiger partial charge in [0.05, 0.1) is 5.69 Å².